The average molecular weight is 247 g/mol. The first-order chi connectivity index (χ1) is 8.65. The highest BCUT2D eigenvalue weighted by Gasteiger charge is 2.15. The number of nitrogens with two attached hydrogens (primary N) is 1. The summed E-state index contributed by atoms with van der Waals surface area (Å²) in [6.45, 7) is 4.08. The molecule has 0 bridgehead atoms. The summed E-state index contributed by atoms with van der Waals surface area (Å²) in [5.41, 5.74) is 6.13. The number of nitrogens with zero attached hydrogens (tertiary/aromatic N) is 3. The van der Waals surface area contributed by atoms with Crippen molar-refractivity contribution in [2.75, 3.05) is 38.1 Å². The van der Waals surface area contributed by atoms with E-state index in [4.69, 9.17) is 5.73 Å². The molecule has 97 valence electrons. The molecular formula is C13H19N4O. The Morgan fingerprint density at radius 3 is 2.83 bits per heavy atom. The van der Waals surface area contributed by atoms with E-state index >= 15 is 0 Å². The Bertz CT molecular complexity index is 413. The Kier molecular flexibility index (Phi) is 4.15. The SMILES string of the molecule is CN1CCN(c2cc([CH]CC(N)=O)ccn2)CC1. The fourth-order valence-electron chi connectivity index (χ4n) is 1.99. The lowest BCUT2D eigenvalue weighted by Gasteiger charge is -2.33. The van der Waals surface area contributed by atoms with Gasteiger partial charge in [-0.3, -0.25) is 4.79 Å². The van der Waals surface area contributed by atoms with Gasteiger partial charge < -0.3 is 15.5 Å². The quantitative estimate of drug-likeness (QED) is 0.829. The molecule has 1 aromatic heterocycles. The standard InChI is InChI=1S/C13H19N4O/c1-16-6-8-17(9-7-16)13-10-11(4-5-15-13)2-3-12(14)18/h2,4-5,10H,3,6-9H2,1H3,(H2,14,18). The summed E-state index contributed by atoms with van der Waals surface area (Å²) in [6, 6.07) is 3.90. The first-order valence-corrected chi connectivity index (χ1v) is 6.16. The van der Waals surface area contributed by atoms with Crippen molar-refractivity contribution < 1.29 is 4.79 Å². The highest BCUT2D eigenvalue weighted by Crippen LogP contribution is 2.16. The van der Waals surface area contributed by atoms with Crippen LogP contribution in [0.2, 0.25) is 0 Å². The van der Waals surface area contributed by atoms with Crippen LogP contribution >= 0.6 is 0 Å². The van der Waals surface area contributed by atoms with E-state index in [1.165, 1.54) is 0 Å². The Hall–Kier alpha value is -1.62. The minimum atomic E-state index is -0.312. The van der Waals surface area contributed by atoms with E-state index < -0.39 is 0 Å². The lowest BCUT2D eigenvalue weighted by Crippen LogP contribution is -2.44. The number of pyridine rings is 1. The van der Waals surface area contributed by atoms with Gasteiger partial charge in [0.05, 0.1) is 0 Å². The molecule has 0 aliphatic carbocycles. The maximum Gasteiger partial charge on any atom is 0.218 e. The molecule has 18 heavy (non-hydrogen) atoms. The molecule has 1 saturated heterocycles. The third kappa shape index (κ3) is 3.43. The Morgan fingerprint density at radius 2 is 2.17 bits per heavy atom. The largest absolute Gasteiger partial charge is 0.370 e. The molecule has 1 aliphatic heterocycles. The van der Waals surface area contributed by atoms with Gasteiger partial charge in [0, 0.05) is 45.2 Å². The summed E-state index contributed by atoms with van der Waals surface area (Å²) in [5.74, 6) is 0.661. The predicted molar refractivity (Wildman–Crippen MR) is 71.2 cm³/mol. The fourth-order valence-corrected chi connectivity index (χ4v) is 1.99. The van der Waals surface area contributed by atoms with E-state index in [2.05, 4.69) is 21.8 Å². The summed E-state index contributed by atoms with van der Waals surface area (Å²) < 4.78 is 0. The topological polar surface area (TPSA) is 62.5 Å². The number of piperazine rings is 1. The third-order valence-electron chi connectivity index (χ3n) is 3.14. The van der Waals surface area contributed by atoms with Crippen LogP contribution in [0.1, 0.15) is 12.0 Å². The molecule has 1 amide bonds. The molecule has 2 rings (SSSR count). The number of primary amides is 1. The molecule has 5 nitrogen and oxygen atoms in total. The van der Waals surface area contributed by atoms with Crippen LogP contribution in [0.3, 0.4) is 0 Å². The predicted octanol–water partition coefficient (Wildman–Crippen LogP) is 0.261. The van der Waals surface area contributed by atoms with Crippen molar-refractivity contribution in [2.45, 2.75) is 6.42 Å². The van der Waals surface area contributed by atoms with Gasteiger partial charge in [-0.2, -0.15) is 0 Å². The normalized spacial score (nSPS) is 16.8. The van der Waals surface area contributed by atoms with Gasteiger partial charge in [0.15, 0.2) is 0 Å². The highest BCUT2D eigenvalue weighted by atomic mass is 16.1. The molecule has 0 saturated carbocycles. The number of hydrogen-bond acceptors (Lipinski definition) is 4. The molecule has 1 aliphatic rings. The van der Waals surface area contributed by atoms with Crippen LogP contribution in [0.5, 0.6) is 0 Å². The maximum atomic E-state index is 10.8. The van der Waals surface area contributed by atoms with Crippen LogP contribution in [0.4, 0.5) is 5.82 Å². The van der Waals surface area contributed by atoms with Crippen molar-refractivity contribution >= 4 is 11.7 Å². The van der Waals surface area contributed by atoms with Crippen LogP contribution in [0, 0.1) is 6.42 Å². The van der Waals surface area contributed by atoms with E-state index in [1.54, 1.807) is 6.20 Å². The summed E-state index contributed by atoms with van der Waals surface area (Å²) in [7, 11) is 2.13. The van der Waals surface area contributed by atoms with Gasteiger partial charge in [0.25, 0.3) is 0 Å². The molecule has 0 aromatic carbocycles. The Morgan fingerprint density at radius 1 is 1.44 bits per heavy atom. The van der Waals surface area contributed by atoms with E-state index in [0.717, 1.165) is 37.6 Å². The van der Waals surface area contributed by atoms with Crippen LogP contribution < -0.4 is 10.6 Å². The first kappa shape index (κ1) is 12.8. The fraction of sp³-hybridized carbons (Fsp3) is 0.462. The molecule has 1 radical (unpaired) electrons. The van der Waals surface area contributed by atoms with Crippen LogP contribution in [0.25, 0.3) is 0 Å². The Labute approximate surface area is 108 Å². The van der Waals surface area contributed by atoms with Crippen molar-refractivity contribution in [1.29, 1.82) is 0 Å². The number of amides is 1. The lowest BCUT2D eigenvalue weighted by atomic mass is 10.1. The number of rotatable bonds is 4. The minimum absolute atomic E-state index is 0.270. The van der Waals surface area contributed by atoms with Gasteiger partial charge in [-0.25, -0.2) is 4.98 Å². The zero-order chi connectivity index (χ0) is 13.0. The zero-order valence-corrected chi connectivity index (χ0v) is 10.7. The molecule has 0 unspecified atom stereocenters. The van der Waals surface area contributed by atoms with Gasteiger partial charge in [-0.15, -0.1) is 0 Å². The average Bonchev–Trinajstić information content (AvgIpc) is 2.37. The molecule has 1 fully saturated rings. The third-order valence-corrected chi connectivity index (χ3v) is 3.14. The van der Waals surface area contributed by atoms with Crippen molar-refractivity contribution in [3.63, 3.8) is 0 Å². The monoisotopic (exact) mass is 247 g/mol. The molecular weight excluding hydrogens is 228 g/mol. The van der Waals surface area contributed by atoms with Gasteiger partial charge in [-0.1, -0.05) is 0 Å². The smallest absolute Gasteiger partial charge is 0.218 e. The Balaban J connectivity index is 2.00. The van der Waals surface area contributed by atoms with Crippen LogP contribution in [0.15, 0.2) is 18.3 Å². The van der Waals surface area contributed by atoms with Crippen molar-refractivity contribution in [3.05, 3.63) is 30.3 Å². The van der Waals surface area contributed by atoms with E-state index in [0.29, 0.717) is 0 Å². The minimum Gasteiger partial charge on any atom is -0.370 e. The van der Waals surface area contributed by atoms with Crippen LogP contribution in [-0.4, -0.2) is 49.0 Å². The molecule has 1 aromatic rings. The van der Waals surface area contributed by atoms with Crippen molar-refractivity contribution in [2.24, 2.45) is 5.73 Å². The van der Waals surface area contributed by atoms with Gasteiger partial charge in [-0.05, 0) is 24.7 Å². The maximum absolute atomic E-state index is 10.8. The number of likely N-dealkylation sites (N-methyl/N-ethyl adjacent to an activating group) is 1. The van der Waals surface area contributed by atoms with E-state index in [9.17, 15) is 4.79 Å². The molecule has 0 spiro atoms. The second-order valence-corrected chi connectivity index (χ2v) is 4.61. The van der Waals surface area contributed by atoms with Gasteiger partial charge in [0.2, 0.25) is 5.91 Å². The number of aromatic nitrogens is 1. The van der Waals surface area contributed by atoms with Gasteiger partial charge >= 0.3 is 0 Å². The summed E-state index contributed by atoms with van der Waals surface area (Å²) in [4.78, 5) is 19.7. The number of anilines is 1. The first-order valence-electron chi connectivity index (χ1n) is 6.16. The molecule has 0 atom stereocenters. The van der Waals surface area contributed by atoms with Crippen molar-refractivity contribution in [1.82, 2.24) is 9.88 Å². The molecule has 2 heterocycles. The van der Waals surface area contributed by atoms with Crippen molar-refractivity contribution in [3.8, 4) is 0 Å². The van der Waals surface area contributed by atoms with Crippen LogP contribution in [-0.2, 0) is 4.79 Å². The van der Waals surface area contributed by atoms with E-state index in [1.807, 2.05) is 18.6 Å². The lowest BCUT2D eigenvalue weighted by molar-refractivity contribution is -0.117. The summed E-state index contributed by atoms with van der Waals surface area (Å²) >= 11 is 0. The number of carbonyl (C=O) groups is 1. The second-order valence-electron chi connectivity index (χ2n) is 4.61. The van der Waals surface area contributed by atoms with E-state index in [-0.39, 0.29) is 12.3 Å². The highest BCUT2D eigenvalue weighted by molar-refractivity contribution is 5.75. The molecule has 2 N–H and O–H groups in total. The summed E-state index contributed by atoms with van der Waals surface area (Å²) in [6.07, 6.45) is 3.89. The molecule has 5 heteroatoms. The zero-order valence-electron chi connectivity index (χ0n) is 10.7. The summed E-state index contributed by atoms with van der Waals surface area (Å²) in [5, 5.41) is 0. The van der Waals surface area contributed by atoms with Gasteiger partial charge in [0.1, 0.15) is 5.82 Å². The number of carbonyl (C=O) groups excluding carboxylic acids is 1. The number of hydrogen-bond donors (Lipinski definition) is 1. The second kappa shape index (κ2) is 5.82.